The van der Waals surface area contributed by atoms with Crippen LogP contribution in [0.25, 0.3) is 0 Å². The molecule has 0 saturated carbocycles. The Hall–Kier alpha value is -1.44. The van der Waals surface area contributed by atoms with Gasteiger partial charge in [-0.05, 0) is 25.5 Å². The third-order valence-electron chi connectivity index (χ3n) is 1.71. The van der Waals surface area contributed by atoms with Gasteiger partial charge in [0.1, 0.15) is 0 Å². The maximum absolute atomic E-state index is 4.10. The molecule has 1 heterocycles. The number of aryl methyl sites for hydroxylation is 1. The van der Waals surface area contributed by atoms with Crippen LogP contribution in [0.5, 0.6) is 0 Å². The van der Waals surface area contributed by atoms with Crippen molar-refractivity contribution < 1.29 is 0 Å². The molecule has 0 radical (unpaired) electrons. The van der Waals surface area contributed by atoms with Crippen LogP contribution in [0.2, 0.25) is 0 Å². The van der Waals surface area contributed by atoms with Crippen LogP contribution >= 0.6 is 0 Å². The van der Waals surface area contributed by atoms with Crippen molar-refractivity contribution in [1.82, 2.24) is 4.98 Å². The minimum atomic E-state index is 0.954. The summed E-state index contributed by atoms with van der Waals surface area (Å²) in [6.07, 6.45) is 5.14. The molecule has 1 aromatic rings. The number of hydrogen-bond acceptors (Lipinski definition) is 2. The fourth-order valence-corrected chi connectivity index (χ4v) is 1.05. The second kappa shape index (κ2) is 3.81. The Labute approximate surface area is 72.7 Å². The molecular weight excluding hydrogens is 148 g/mol. The topological polar surface area (TPSA) is 25.2 Å². The Morgan fingerprint density at radius 1 is 1.67 bits per heavy atom. The number of aromatic nitrogens is 1. The van der Waals surface area contributed by atoms with Crippen LogP contribution in [0, 0.1) is 6.92 Å². The Morgan fingerprint density at radius 3 is 3.00 bits per heavy atom. The molecule has 1 aromatic heterocycles. The van der Waals surface area contributed by atoms with E-state index < -0.39 is 0 Å². The minimum absolute atomic E-state index is 0.954. The van der Waals surface area contributed by atoms with Gasteiger partial charge in [0.15, 0.2) is 0 Å². The average Bonchev–Trinajstić information content (AvgIpc) is 2.05. The highest BCUT2D eigenvalue weighted by molar-refractivity contribution is 5.99. The summed E-state index contributed by atoms with van der Waals surface area (Å²) in [5.41, 5.74) is 3.22. The first-order chi connectivity index (χ1) is 5.75. The molecule has 0 aliphatic carbocycles. The molecule has 2 heteroatoms. The third kappa shape index (κ3) is 1.78. The fourth-order valence-electron chi connectivity index (χ4n) is 1.05. The SMILES string of the molecule is C=C/N=C(/C)c1cnccc1C. The molecule has 1 rings (SSSR count). The third-order valence-corrected chi connectivity index (χ3v) is 1.71. The van der Waals surface area contributed by atoms with Gasteiger partial charge >= 0.3 is 0 Å². The van der Waals surface area contributed by atoms with Crippen molar-refractivity contribution in [2.24, 2.45) is 4.99 Å². The largest absolute Gasteiger partial charge is 0.264 e. The van der Waals surface area contributed by atoms with Crippen molar-refractivity contribution in [3.8, 4) is 0 Å². The van der Waals surface area contributed by atoms with Crippen molar-refractivity contribution in [1.29, 1.82) is 0 Å². The number of rotatable bonds is 2. The number of nitrogens with zero attached hydrogens (tertiary/aromatic N) is 2. The molecule has 0 unspecified atom stereocenters. The summed E-state index contributed by atoms with van der Waals surface area (Å²) in [5, 5.41) is 0. The first-order valence-corrected chi connectivity index (χ1v) is 3.82. The summed E-state index contributed by atoms with van der Waals surface area (Å²) in [4.78, 5) is 8.13. The van der Waals surface area contributed by atoms with Gasteiger partial charge in [-0.25, -0.2) is 0 Å². The van der Waals surface area contributed by atoms with Gasteiger partial charge in [0, 0.05) is 29.9 Å². The lowest BCUT2D eigenvalue weighted by atomic mass is 10.1. The highest BCUT2D eigenvalue weighted by Gasteiger charge is 1.99. The smallest absolute Gasteiger partial charge is 0.0462 e. The average molecular weight is 160 g/mol. The van der Waals surface area contributed by atoms with Gasteiger partial charge in [0.2, 0.25) is 0 Å². The van der Waals surface area contributed by atoms with E-state index in [1.165, 1.54) is 5.56 Å². The van der Waals surface area contributed by atoms with E-state index in [0.717, 1.165) is 11.3 Å². The molecule has 0 spiro atoms. The fraction of sp³-hybridized carbons (Fsp3) is 0.200. The van der Waals surface area contributed by atoms with E-state index in [2.05, 4.69) is 16.6 Å². The molecule has 0 saturated heterocycles. The van der Waals surface area contributed by atoms with Gasteiger partial charge in [-0.1, -0.05) is 6.58 Å². The molecule has 0 fully saturated rings. The van der Waals surface area contributed by atoms with Crippen LogP contribution in [-0.2, 0) is 0 Å². The molecule has 0 amide bonds. The van der Waals surface area contributed by atoms with E-state index in [1.807, 2.05) is 26.1 Å². The van der Waals surface area contributed by atoms with Crippen LogP contribution in [-0.4, -0.2) is 10.7 Å². The number of hydrogen-bond donors (Lipinski definition) is 0. The van der Waals surface area contributed by atoms with Crippen molar-refractivity contribution in [3.05, 3.63) is 42.4 Å². The molecule has 0 aliphatic rings. The first kappa shape index (κ1) is 8.65. The van der Waals surface area contributed by atoms with E-state index in [0.29, 0.717) is 0 Å². The normalized spacial score (nSPS) is 11.3. The van der Waals surface area contributed by atoms with Crippen LogP contribution in [0.1, 0.15) is 18.1 Å². The molecule has 12 heavy (non-hydrogen) atoms. The molecule has 0 N–H and O–H groups in total. The van der Waals surface area contributed by atoms with Crippen LogP contribution in [0.3, 0.4) is 0 Å². The lowest BCUT2D eigenvalue weighted by Gasteiger charge is -2.01. The second-order valence-corrected chi connectivity index (χ2v) is 2.59. The zero-order chi connectivity index (χ0) is 8.97. The zero-order valence-electron chi connectivity index (χ0n) is 7.41. The summed E-state index contributed by atoms with van der Waals surface area (Å²) in [6, 6.07) is 1.97. The monoisotopic (exact) mass is 160 g/mol. The second-order valence-electron chi connectivity index (χ2n) is 2.59. The lowest BCUT2D eigenvalue weighted by Crippen LogP contribution is -1.97. The number of aliphatic imine (C=N–C) groups is 1. The molecular formula is C10H12N2. The van der Waals surface area contributed by atoms with Crippen LogP contribution in [0.4, 0.5) is 0 Å². The Kier molecular flexibility index (Phi) is 2.75. The molecule has 62 valence electrons. The maximum Gasteiger partial charge on any atom is 0.0462 e. The summed E-state index contributed by atoms with van der Waals surface area (Å²) in [6.45, 7) is 7.54. The molecule has 0 aromatic carbocycles. The molecule has 2 nitrogen and oxygen atoms in total. The van der Waals surface area contributed by atoms with E-state index in [-0.39, 0.29) is 0 Å². The lowest BCUT2D eigenvalue weighted by molar-refractivity contribution is 1.26. The van der Waals surface area contributed by atoms with Gasteiger partial charge in [0.05, 0.1) is 0 Å². The zero-order valence-corrected chi connectivity index (χ0v) is 7.41. The highest BCUT2D eigenvalue weighted by Crippen LogP contribution is 2.06. The summed E-state index contributed by atoms with van der Waals surface area (Å²) >= 11 is 0. The Morgan fingerprint density at radius 2 is 2.42 bits per heavy atom. The van der Waals surface area contributed by atoms with Crippen molar-refractivity contribution in [3.63, 3.8) is 0 Å². The maximum atomic E-state index is 4.10. The number of pyridine rings is 1. The van der Waals surface area contributed by atoms with Gasteiger partial charge in [-0.3, -0.25) is 9.98 Å². The van der Waals surface area contributed by atoms with E-state index in [9.17, 15) is 0 Å². The van der Waals surface area contributed by atoms with Gasteiger partial charge in [-0.15, -0.1) is 0 Å². The predicted octanol–water partition coefficient (Wildman–Crippen LogP) is 2.34. The van der Waals surface area contributed by atoms with Crippen molar-refractivity contribution >= 4 is 5.71 Å². The van der Waals surface area contributed by atoms with Gasteiger partial charge in [0.25, 0.3) is 0 Å². The minimum Gasteiger partial charge on any atom is -0.264 e. The highest BCUT2D eigenvalue weighted by atomic mass is 14.7. The van der Waals surface area contributed by atoms with Crippen molar-refractivity contribution in [2.75, 3.05) is 0 Å². The Balaban J connectivity index is 3.10. The molecule has 0 aliphatic heterocycles. The first-order valence-electron chi connectivity index (χ1n) is 3.82. The quantitative estimate of drug-likeness (QED) is 0.609. The summed E-state index contributed by atoms with van der Waals surface area (Å²) in [7, 11) is 0. The Bertz CT molecular complexity index is 313. The van der Waals surface area contributed by atoms with E-state index in [1.54, 1.807) is 12.4 Å². The summed E-state index contributed by atoms with van der Waals surface area (Å²) < 4.78 is 0. The van der Waals surface area contributed by atoms with Crippen LogP contribution in [0.15, 0.2) is 36.2 Å². The van der Waals surface area contributed by atoms with E-state index >= 15 is 0 Å². The standard InChI is InChI=1S/C10H12N2/c1-4-12-9(3)10-7-11-6-5-8(10)2/h4-7H,1H2,2-3H3/b12-9-. The summed E-state index contributed by atoms with van der Waals surface area (Å²) in [5.74, 6) is 0. The molecule has 0 bridgehead atoms. The van der Waals surface area contributed by atoms with E-state index in [4.69, 9.17) is 0 Å². The van der Waals surface area contributed by atoms with Crippen LogP contribution < -0.4 is 0 Å². The van der Waals surface area contributed by atoms with Gasteiger partial charge < -0.3 is 0 Å². The van der Waals surface area contributed by atoms with Crippen molar-refractivity contribution in [2.45, 2.75) is 13.8 Å². The molecule has 0 atom stereocenters. The van der Waals surface area contributed by atoms with Gasteiger partial charge in [-0.2, -0.15) is 0 Å². The predicted molar refractivity (Wildman–Crippen MR) is 51.4 cm³/mol.